The number of carbonyl (C=O) groups is 4. The number of para-hydroxylation sites is 4. The van der Waals surface area contributed by atoms with Crippen molar-refractivity contribution < 1.29 is 55.0 Å². The Balaban J connectivity index is 0.000000262. The number of benzene rings is 4. The summed E-state index contributed by atoms with van der Waals surface area (Å²) >= 11 is 1.91. The minimum Gasteiger partial charge on any atom is -0.489 e. The molecule has 2 fully saturated rings. The Labute approximate surface area is 529 Å². The third-order valence-corrected chi connectivity index (χ3v) is 20.2. The van der Waals surface area contributed by atoms with E-state index < -0.39 is 31.9 Å². The van der Waals surface area contributed by atoms with Crippen LogP contribution in [0.4, 0.5) is 23.0 Å². The average molecular weight is 1300 g/mol. The van der Waals surface area contributed by atoms with Crippen LogP contribution in [0.15, 0.2) is 119 Å². The van der Waals surface area contributed by atoms with Crippen molar-refractivity contribution in [2.24, 2.45) is 5.92 Å². The monoisotopic (exact) mass is 1300 g/mol. The highest BCUT2D eigenvalue weighted by Gasteiger charge is 2.43. The van der Waals surface area contributed by atoms with Gasteiger partial charge in [-0.1, -0.05) is 62.4 Å². The number of ether oxygens (including phenoxy) is 4. The molecule has 6 aliphatic heterocycles. The van der Waals surface area contributed by atoms with Crippen LogP contribution in [0, 0.1) is 5.92 Å². The number of thioether (sulfide) groups is 1. The molecule has 6 aromatic rings. The van der Waals surface area contributed by atoms with E-state index in [0.717, 1.165) is 18.6 Å². The lowest BCUT2D eigenvalue weighted by Crippen LogP contribution is -2.41. The van der Waals surface area contributed by atoms with Crippen LogP contribution in [-0.4, -0.2) is 184 Å². The zero-order valence-electron chi connectivity index (χ0n) is 48.7. The summed E-state index contributed by atoms with van der Waals surface area (Å²) < 4.78 is 78.5. The molecule has 478 valence electrons. The molecule has 2 saturated heterocycles. The maximum atomic E-state index is 13.5. The molecule has 4 amide bonds. The van der Waals surface area contributed by atoms with Crippen molar-refractivity contribution in [1.82, 2.24) is 44.1 Å². The van der Waals surface area contributed by atoms with Gasteiger partial charge in [-0.25, -0.2) is 36.8 Å². The first kappa shape index (κ1) is 68.9. The van der Waals surface area contributed by atoms with E-state index in [1.807, 2.05) is 11.8 Å². The Morgan fingerprint density at radius 1 is 0.640 bits per heavy atom. The normalized spacial score (nSPS) is 20.2. The predicted octanol–water partition coefficient (Wildman–Crippen LogP) is 5.67. The number of hydrogen-bond acceptors (Lipinski definition) is 20. The third kappa shape index (κ3) is 17.9. The molecule has 0 aliphatic carbocycles. The summed E-state index contributed by atoms with van der Waals surface area (Å²) in [6.45, 7) is 3.58. The van der Waals surface area contributed by atoms with E-state index in [1.165, 1.54) is 59.4 Å². The van der Waals surface area contributed by atoms with Crippen LogP contribution in [0.1, 0.15) is 60.5 Å². The minimum absolute atomic E-state index is 0. The number of fused-ring (bicyclic) bond motifs is 27. The second kappa shape index (κ2) is 32.3. The van der Waals surface area contributed by atoms with Gasteiger partial charge in [-0.3, -0.25) is 19.2 Å². The van der Waals surface area contributed by atoms with Gasteiger partial charge in [0, 0.05) is 100 Å². The number of sulfonamides is 2. The Morgan fingerprint density at radius 2 is 1.16 bits per heavy atom. The van der Waals surface area contributed by atoms with Crippen molar-refractivity contribution in [1.29, 1.82) is 0 Å². The highest BCUT2D eigenvalue weighted by Crippen LogP contribution is 2.41. The van der Waals surface area contributed by atoms with Crippen LogP contribution in [0.2, 0.25) is 0 Å². The molecule has 4 aromatic carbocycles. The zero-order valence-corrected chi connectivity index (χ0v) is 51.9. The van der Waals surface area contributed by atoms with Gasteiger partial charge in [-0.2, -0.15) is 20.4 Å². The zero-order chi connectivity index (χ0) is 61.5. The van der Waals surface area contributed by atoms with Gasteiger partial charge in [0.25, 0.3) is 11.8 Å². The van der Waals surface area contributed by atoms with Crippen LogP contribution in [0.5, 0.6) is 11.5 Å². The summed E-state index contributed by atoms with van der Waals surface area (Å²) in [7, 11) is -4.54. The van der Waals surface area contributed by atoms with E-state index >= 15 is 0 Å². The van der Waals surface area contributed by atoms with E-state index in [0.29, 0.717) is 109 Å². The molecule has 0 radical (unpaired) electrons. The van der Waals surface area contributed by atoms with E-state index in [1.54, 1.807) is 77.7 Å². The largest absolute Gasteiger partial charge is 0.489 e. The Morgan fingerprint density at radius 3 is 1.71 bits per heavy atom. The Bertz CT molecular complexity index is 3630. The van der Waals surface area contributed by atoms with Gasteiger partial charge in [0.2, 0.25) is 31.9 Å². The van der Waals surface area contributed by atoms with Crippen molar-refractivity contribution in [3.05, 3.63) is 121 Å². The van der Waals surface area contributed by atoms with Crippen LogP contribution in [0.25, 0.3) is 22.5 Å². The number of nitrogens with zero attached hydrogens (tertiary/aromatic N) is 7. The number of rotatable bonds is 5. The summed E-state index contributed by atoms with van der Waals surface area (Å²) in [4.78, 5) is 70.5. The van der Waals surface area contributed by atoms with Gasteiger partial charge >= 0.3 is 0 Å². The fraction of sp³-hybridized carbons (Fsp3) is 0.400. The number of amides is 4. The quantitative estimate of drug-likeness (QED) is 0.0894. The molecule has 0 spiro atoms. The predicted molar refractivity (Wildman–Crippen MR) is 343 cm³/mol. The van der Waals surface area contributed by atoms with Crippen molar-refractivity contribution in [2.75, 3.05) is 121 Å². The van der Waals surface area contributed by atoms with Crippen LogP contribution in [-0.2, 0) is 39.1 Å². The minimum atomic E-state index is -3.89. The van der Waals surface area contributed by atoms with Crippen molar-refractivity contribution in [2.45, 2.75) is 60.6 Å². The van der Waals surface area contributed by atoms with Gasteiger partial charge in [0.05, 0.1) is 71.4 Å². The smallest absolute Gasteiger partial charge is 0.278 e. The molecule has 0 saturated carbocycles. The van der Waals surface area contributed by atoms with Gasteiger partial charge in [0.1, 0.15) is 24.7 Å². The molecule has 12 rings (SSSR count). The van der Waals surface area contributed by atoms with E-state index in [2.05, 4.69) is 41.2 Å². The lowest BCUT2D eigenvalue weighted by molar-refractivity contribution is -0.132. The number of unbranched alkanes of at least 4 members (excludes halogenated alkanes) is 1. The number of hydrogen-bond donors (Lipinski definition) is 6. The number of aromatic nitrogens is 4. The fourth-order valence-corrected chi connectivity index (χ4v) is 14.0. The molecule has 6 aliphatic rings. The van der Waals surface area contributed by atoms with E-state index in [-0.39, 0.29) is 117 Å². The summed E-state index contributed by atoms with van der Waals surface area (Å²) in [5.74, 6) is 1.05. The molecule has 3 atom stereocenters. The number of nitrogen functional groups attached to an aromatic ring is 2. The van der Waals surface area contributed by atoms with Crippen LogP contribution in [0.3, 0.4) is 0 Å². The van der Waals surface area contributed by atoms with Gasteiger partial charge in [0.15, 0.2) is 23.0 Å². The summed E-state index contributed by atoms with van der Waals surface area (Å²) in [6.07, 6.45) is 6.30. The van der Waals surface area contributed by atoms with E-state index in [4.69, 9.17) is 30.4 Å². The van der Waals surface area contributed by atoms with Crippen molar-refractivity contribution >= 4 is 90.9 Å². The second-order valence-corrected chi connectivity index (χ2v) is 26.2. The maximum Gasteiger partial charge on any atom is 0.278 e. The number of anilines is 4. The van der Waals surface area contributed by atoms with Crippen LogP contribution >= 0.6 is 24.2 Å². The molecule has 25 nitrogen and oxygen atoms in total. The first-order chi connectivity index (χ1) is 42.0. The van der Waals surface area contributed by atoms with E-state index in [9.17, 15) is 36.0 Å². The summed E-state index contributed by atoms with van der Waals surface area (Å²) in [5, 5.41) is 12.2. The molecule has 0 unspecified atom stereocenters. The van der Waals surface area contributed by atoms with Crippen molar-refractivity contribution in [3.8, 4) is 34.0 Å². The lowest BCUT2D eigenvalue weighted by atomic mass is 9.94. The molecule has 89 heavy (non-hydrogen) atoms. The maximum absolute atomic E-state index is 13.5. The number of nitrogens with two attached hydrogens (primary N) is 2. The molecule has 29 heteroatoms. The van der Waals surface area contributed by atoms with Gasteiger partial charge < -0.3 is 56.6 Å². The number of likely N-dealkylation sites (N-methyl/N-ethyl adjacent to an activating group) is 2. The number of carbonyl (C=O) groups excluding carboxylic acids is 4. The lowest BCUT2D eigenvalue weighted by Gasteiger charge is -2.26. The summed E-state index contributed by atoms with van der Waals surface area (Å²) in [5.41, 5.74) is 14.5. The average Bonchev–Trinajstić information content (AvgIpc) is 2.81. The Kier molecular flexibility index (Phi) is 25.0. The van der Waals surface area contributed by atoms with Gasteiger partial charge in [-0.05, 0) is 61.4 Å². The summed E-state index contributed by atoms with van der Waals surface area (Å²) in [6, 6.07) is 26.6. The number of halogens is 1. The Hall–Kier alpha value is -7.54. The second-order valence-electron chi connectivity index (χ2n) is 20.8. The molecule has 8 bridgehead atoms. The highest BCUT2D eigenvalue weighted by atomic mass is 35.5. The number of nitrogens with one attached hydrogen (secondary N) is 4. The topological polar surface area (TPSA) is 335 Å². The standard InChI is InChI=1S/C35H43N7O7S2.C24H28N6O5S.CH4.ClH/c1-41-14-15-42(32(44)9-5-4-8-30-25-20-31(43)38-28(25)22-50-30)16-17-48-18-19-49-29-7-3-2-6-26(29)40-35(45)33-34(36)37-21-27(39-33)23-10-12-24(13-11-23)51(41,46)47;1-30-12-10-26-11-13-34-14-15-35-21-5-3-2-4-19(21)29-24(31)22-23(25)27-16-20(28-22)17-6-8-18(9-7-17)36(30,32)33;;/h2-3,6-7,10-13,21,25,28,30H,4-5,8-9,14-20,22H2,1H3,(H2,36,37)(H,38,43)(H,40,45);2-9,16,26H,10-15H2,1H3,(H2,25,27)(H,29,31);1H4;1H/t25-,28-,30-;;;/m0.../s1. The molecule has 8 heterocycles. The first-order valence-corrected chi connectivity index (χ1v) is 32.4. The first-order valence-electron chi connectivity index (χ1n) is 28.5. The van der Waals surface area contributed by atoms with Crippen molar-refractivity contribution in [3.63, 3.8) is 0 Å². The van der Waals surface area contributed by atoms with Crippen LogP contribution < -0.4 is 42.2 Å². The molecule has 2 aromatic heterocycles. The molecule has 8 N–H and O–H groups in total. The van der Waals surface area contributed by atoms with Gasteiger partial charge in [-0.15, -0.1) is 12.4 Å². The SMILES string of the molecule is C.CN1CCN(C(=O)CCCC[C@@H]2SC[C@@H]3NC(=O)C[C@@H]32)CCOCCOc2ccccc2NC(=O)c2nc(cnc2N)-c2ccc(cc2)S1(=O)=O.CN1CCNCCOCCOc2ccccc2NC(=O)c2nc(cnc2N)-c2ccc(cc2)S1(=O)=O.Cl. The highest BCUT2D eigenvalue weighted by molar-refractivity contribution is 8.00. The fourth-order valence-electron chi connectivity index (χ4n) is 10.0. The molecular weight excluding hydrogens is 1230 g/mol. The molecular formula is C60H76ClN13O12S3. The third-order valence-electron chi connectivity index (χ3n) is 14.9.